The Hall–Kier alpha value is -1.47. The van der Waals surface area contributed by atoms with Gasteiger partial charge < -0.3 is 14.4 Å². The molecule has 0 N–H and O–H groups in total. The highest BCUT2D eigenvalue weighted by molar-refractivity contribution is 7.17. The molecule has 1 atom stereocenters. The van der Waals surface area contributed by atoms with Crippen LogP contribution in [-0.2, 0) is 9.47 Å². The number of ketones is 1. The van der Waals surface area contributed by atoms with E-state index in [1.807, 2.05) is 11.9 Å². The Bertz CT molecular complexity index is 523. The number of hydrogen-bond acceptors (Lipinski definition) is 7. The fraction of sp³-hybridized carbons (Fsp3) is 0.643. The minimum atomic E-state index is -0.546. The number of anilines is 1. The number of thiazole rings is 1. The van der Waals surface area contributed by atoms with E-state index in [0.717, 1.165) is 19.4 Å². The molecule has 1 aliphatic heterocycles. The van der Waals surface area contributed by atoms with Crippen LogP contribution < -0.4 is 4.90 Å². The number of Topliss-reactive ketones (excluding diaryl/α,β-unsaturated/α-hetero) is 1. The summed E-state index contributed by atoms with van der Waals surface area (Å²) in [5, 5.41) is 0.638. The molecule has 21 heavy (non-hydrogen) atoms. The van der Waals surface area contributed by atoms with Crippen LogP contribution in [0.1, 0.15) is 46.8 Å². The zero-order valence-electron chi connectivity index (χ0n) is 12.5. The van der Waals surface area contributed by atoms with Gasteiger partial charge in [-0.2, -0.15) is 0 Å². The lowest BCUT2D eigenvalue weighted by Crippen LogP contribution is -2.28. The predicted molar refractivity (Wildman–Crippen MR) is 80.3 cm³/mol. The van der Waals surface area contributed by atoms with Gasteiger partial charge in [0.1, 0.15) is 4.88 Å². The van der Waals surface area contributed by atoms with Gasteiger partial charge in [0.2, 0.25) is 0 Å². The first kappa shape index (κ1) is 15.9. The molecule has 1 saturated heterocycles. The van der Waals surface area contributed by atoms with E-state index in [0.29, 0.717) is 16.6 Å². The van der Waals surface area contributed by atoms with Crippen molar-refractivity contribution in [2.24, 2.45) is 0 Å². The molecule has 0 aliphatic carbocycles. The van der Waals surface area contributed by atoms with E-state index in [-0.39, 0.29) is 24.2 Å². The maximum absolute atomic E-state index is 11.9. The van der Waals surface area contributed by atoms with E-state index >= 15 is 0 Å². The molecule has 1 aromatic heterocycles. The maximum atomic E-state index is 11.9. The summed E-state index contributed by atoms with van der Waals surface area (Å²) in [5.41, 5.74) is 0.114. The smallest absolute Gasteiger partial charge is 0.358 e. The number of aromatic nitrogens is 1. The van der Waals surface area contributed by atoms with Gasteiger partial charge in [-0.3, -0.25) is 4.79 Å². The van der Waals surface area contributed by atoms with Crippen LogP contribution in [-0.4, -0.2) is 49.6 Å². The molecule has 116 valence electrons. The van der Waals surface area contributed by atoms with Gasteiger partial charge in [-0.05, 0) is 19.8 Å². The van der Waals surface area contributed by atoms with Gasteiger partial charge in [0.05, 0.1) is 12.7 Å². The van der Waals surface area contributed by atoms with Crippen LogP contribution >= 0.6 is 11.3 Å². The minimum absolute atomic E-state index is 0.114. The fourth-order valence-corrected chi connectivity index (χ4v) is 3.14. The van der Waals surface area contributed by atoms with Crippen LogP contribution in [0, 0.1) is 0 Å². The van der Waals surface area contributed by atoms with Crippen molar-refractivity contribution < 1.29 is 19.1 Å². The molecule has 2 rings (SSSR count). The van der Waals surface area contributed by atoms with Crippen LogP contribution in [0.15, 0.2) is 0 Å². The van der Waals surface area contributed by atoms with Crippen LogP contribution in [0.2, 0.25) is 0 Å². The third-order valence-corrected chi connectivity index (χ3v) is 4.50. The highest BCUT2D eigenvalue weighted by Gasteiger charge is 2.25. The molecule has 1 aliphatic rings. The normalized spacial score (nSPS) is 17.8. The number of esters is 1. The van der Waals surface area contributed by atoms with E-state index < -0.39 is 5.97 Å². The van der Waals surface area contributed by atoms with Crippen LogP contribution in [0.5, 0.6) is 0 Å². The van der Waals surface area contributed by atoms with Crippen molar-refractivity contribution in [1.82, 2.24) is 4.98 Å². The summed E-state index contributed by atoms with van der Waals surface area (Å²) in [4.78, 5) is 30.1. The molecule has 0 spiro atoms. The Balaban J connectivity index is 2.17. The molecule has 1 unspecified atom stereocenters. The van der Waals surface area contributed by atoms with Crippen molar-refractivity contribution >= 4 is 28.2 Å². The van der Waals surface area contributed by atoms with Crippen molar-refractivity contribution in [3.63, 3.8) is 0 Å². The Labute approximate surface area is 128 Å². The summed E-state index contributed by atoms with van der Waals surface area (Å²) >= 11 is 1.22. The Kier molecular flexibility index (Phi) is 5.30. The lowest BCUT2D eigenvalue weighted by Gasteiger charge is -2.19. The summed E-state index contributed by atoms with van der Waals surface area (Å²) in [7, 11) is 1.89. The molecule has 0 saturated carbocycles. The maximum Gasteiger partial charge on any atom is 0.358 e. The number of likely N-dealkylation sites (N-methyl/N-ethyl adjacent to an activating group) is 1. The molecule has 1 fully saturated rings. The lowest BCUT2D eigenvalue weighted by molar-refractivity contribution is 0.0517. The minimum Gasteiger partial charge on any atom is -0.461 e. The van der Waals surface area contributed by atoms with Crippen molar-refractivity contribution in [3.8, 4) is 0 Å². The average molecular weight is 312 g/mol. The molecule has 6 nitrogen and oxygen atoms in total. The lowest BCUT2D eigenvalue weighted by atomic mass is 10.2. The quantitative estimate of drug-likeness (QED) is 0.592. The van der Waals surface area contributed by atoms with E-state index in [4.69, 9.17) is 9.47 Å². The third kappa shape index (κ3) is 3.79. The molecular formula is C14H20N2O4S. The molecular weight excluding hydrogens is 292 g/mol. The highest BCUT2D eigenvalue weighted by Crippen LogP contribution is 2.28. The SMILES string of the molecule is CCOC(=O)c1nc(N(C)CC2CCCO2)sc1C(C)=O. The number of carbonyl (C=O) groups excluding carboxylic acids is 2. The Morgan fingerprint density at radius 2 is 2.29 bits per heavy atom. The monoisotopic (exact) mass is 312 g/mol. The van der Waals surface area contributed by atoms with Gasteiger partial charge in [-0.25, -0.2) is 9.78 Å². The van der Waals surface area contributed by atoms with Gasteiger partial charge in [-0.15, -0.1) is 0 Å². The second-order valence-corrected chi connectivity index (χ2v) is 5.94. The summed E-state index contributed by atoms with van der Waals surface area (Å²) in [6.45, 7) is 4.91. The number of rotatable bonds is 6. The first-order chi connectivity index (χ1) is 10.0. The average Bonchev–Trinajstić information content (AvgIpc) is 3.07. The number of ether oxygens (including phenoxy) is 2. The zero-order chi connectivity index (χ0) is 15.4. The zero-order valence-corrected chi connectivity index (χ0v) is 13.4. The fourth-order valence-electron chi connectivity index (χ4n) is 2.22. The van der Waals surface area contributed by atoms with Crippen molar-refractivity contribution in [1.29, 1.82) is 0 Å². The molecule has 0 radical (unpaired) electrons. The summed E-state index contributed by atoms with van der Waals surface area (Å²) in [5.74, 6) is -0.719. The van der Waals surface area contributed by atoms with Crippen LogP contribution in [0.25, 0.3) is 0 Å². The summed E-state index contributed by atoms with van der Waals surface area (Å²) in [6.07, 6.45) is 2.29. The first-order valence-corrected chi connectivity index (χ1v) is 7.86. The predicted octanol–water partition coefficient (Wildman–Crippen LogP) is 2.14. The molecule has 0 aromatic carbocycles. The van der Waals surface area contributed by atoms with E-state index in [2.05, 4.69) is 4.98 Å². The third-order valence-electron chi connectivity index (χ3n) is 3.23. The standard InChI is InChI=1S/C14H20N2O4S/c1-4-19-13(18)11-12(9(2)17)21-14(15-11)16(3)8-10-6-5-7-20-10/h10H,4-8H2,1-3H3. The molecule has 0 bridgehead atoms. The van der Waals surface area contributed by atoms with Gasteiger partial charge in [0.25, 0.3) is 0 Å². The number of hydrogen-bond donors (Lipinski definition) is 0. The largest absolute Gasteiger partial charge is 0.461 e. The second kappa shape index (κ2) is 7.00. The van der Waals surface area contributed by atoms with Crippen LogP contribution in [0.4, 0.5) is 5.13 Å². The second-order valence-electron chi connectivity index (χ2n) is 4.97. The van der Waals surface area contributed by atoms with Crippen molar-refractivity contribution in [3.05, 3.63) is 10.6 Å². The Morgan fingerprint density at radius 3 is 2.86 bits per heavy atom. The van der Waals surface area contributed by atoms with Gasteiger partial charge in [0, 0.05) is 27.1 Å². The van der Waals surface area contributed by atoms with Gasteiger partial charge in [0.15, 0.2) is 16.6 Å². The highest BCUT2D eigenvalue weighted by atomic mass is 32.1. The van der Waals surface area contributed by atoms with Crippen LogP contribution in [0.3, 0.4) is 0 Å². The van der Waals surface area contributed by atoms with E-state index in [9.17, 15) is 9.59 Å². The van der Waals surface area contributed by atoms with Crippen molar-refractivity contribution in [2.75, 3.05) is 31.7 Å². The van der Waals surface area contributed by atoms with Gasteiger partial charge >= 0.3 is 5.97 Å². The number of nitrogens with zero attached hydrogens (tertiary/aromatic N) is 2. The Morgan fingerprint density at radius 1 is 1.52 bits per heavy atom. The summed E-state index contributed by atoms with van der Waals surface area (Å²) in [6, 6.07) is 0. The molecule has 1 aromatic rings. The van der Waals surface area contributed by atoms with E-state index in [1.165, 1.54) is 18.3 Å². The summed E-state index contributed by atoms with van der Waals surface area (Å²) < 4.78 is 10.5. The molecule has 0 amide bonds. The molecule has 2 heterocycles. The first-order valence-electron chi connectivity index (χ1n) is 7.04. The molecule has 7 heteroatoms. The van der Waals surface area contributed by atoms with Crippen molar-refractivity contribution in [2.45, 2.75) is 32.8 Å². The van der Waals surface area contributed by atoms with E-state index in [1.54, 1.807) is 6.92 Å². The topological polar surface area (TPSA) is 68.7 Å². The van der Waals surface area contributed by atoms with Gasteiger partial charge in [-0.1, -0.05) is 11.3 Å². The number of carbonyl (C=O) groups is 2.